The summed E-state index contributed by atoms with van der Waals surface area (Å²) >= 11 is 0. The van der Waals surface area contributed by atoms with Crippen LogP contribution in [0.4, 0.5) is 4.39 Å². The molecule has 24 heavy (non-hydrogen) atoms. The summed E-state index contributed by atoms with van der Waals surface area (Å²) in [5.41, 5.74) is 0.827. The minimum atomic E-state index is -0.315. The van der Waals surface area contributed by atoms with Crippen LogP contribution in [0, 0.1) is 5.82 Å². The predicted octanol–water partition coefficient (Wildman–Crippen LogP) is 2.54. The molecule has 1 aromatic carbocycles. The van der Waals surface area contributed by atoms with Crippen LogP contribution in [-0.2, 0) is 11.2 Å². The Morgan fingerprint density at radius 1 is 1.38 bits per heavy atom. The molecule has 2 heterocycles. The van der Waals surface area contributed by atoms with Crippen LogP contribution < -0.4 is 0 Å². The van der Waals surface area contributed by atoms with Crippen molar-refractivity contribution >= 4 is 5.91 Å². The van der Waals surface area contributed by atoms with Gasteiger partial charge < -0.3 is 14.1 Å². The lowest BCUT2D eigenvalue weighted by Crippen LogP contribution is -2.42. The zero-order valence-corrected chi connectivity index (χ0v) is 13.3. The summed E-state index contributed by atoms with van der Waals surface area (Å²) < 4.78 is 24.1. The van der Waals surface area contributed by atoms with Gasteiger partial charge in [0.2, 0.25) is 5.89 Å². The Hall–Kier alpha value is -2.54. The quantitative estimate of drug-likeness (QED) is 0.805. The van der Waals surface area contributed by atoms with E-state index in [-0.39, 0.29) is 23.7 Å². The number of allylic oxidation sites excluding steroid dienone is 2. The number of aromatic nitrogens is 2. The third-order valence-corrected chi connectivity index (χ3v) is 3.77. The Morgan fingerprint density at radius 3 is 2.92 bits per heavy atom. The lowest BCUT2D eigenvalue weighted by Gasteiger charge is -2.32. The molecule has 1 saturated heterocycles. The van der Waals surface area contributed by atoms with Crippen molar-refractivity contribution < 1.29 is 18.3 Å². The van der Waals surface area contributed by atoms with Crippen LogP contribution in [0.5, 0.6) is 0 Å². The van der Waals surface area contributed by atoms with E-state index in [2.05, 4.69) is 10.2 Å². The van der Waals surface area contributed by atoms with Gasteiger partial charge in [-0.1, -0.05) is 24.3 Å². The van der Waals surface area contributed by atoms with Crippen LogP contribution in [0.1, 0.15) is 35.2 Å². The summed E-state index contributed by atoms with van der Waals surface area (Å²) in [5, 5.41) is 7.69. The second-order valence-electron chi connectivity index (χ2n) is 5.44. The number of carbonyl (C=O) groups is 1. The molecule has 6 nitrogen and oxygen atoms in total. The fourth-order valence-corrected chi connectivity index (χ4v) is 2.49. The Morgan fingerprint density at radius 2 is 2.17 bits per heavy atom. The van der Waals surface area contributed by atoms with E-state index in [1.54, 1.807) is 17.0 Å². The highest BCUT2D eigenvalue weighted by Crippen LogP contribution is 2.23. The smallest absolute Gasteiger partial charge is 0.311 e. The second-order valence-corrected chi connectivity index (χ2v) is 5.44. The van der Waals surface area contributed by atoms with Crippen LogP contribution in [0.25, 0.3) is 0 Å². The maximum Gasteiger partial charge on any atom is 0.311 e. The van der Waals surface area contributed by atoms with Gasteiger partial charge in [-0.3, -0.25) is 4.79 Å². The molecule has 0 bridgehead atoms. The molecule has 126 valence electrons. The van der Waals surface area contributed by atoms with E-state index < -0.39 is 0 Å². The number of hydrogen-bond acceptors (Lipinski definition) is 5. The van der Waals surface area contributed by atoms with Crippen molar-refractivity contribution in [1.29, 1.82) is 0 Å². The van der Waals surface area contributed by atoms with E-state index in [1.165, 1.54) is 12.1 Å². The van der Waals surface area contributed by atoms with E-state index >= 15 is 0 Å². The molecule has 0 N–H and O–H groups in total. The summed E-state index contributed by atoms with van der Waals surface area (Å²) in [6, 6.07) is 6.09. The van der Waals surface area contributed by atoms with E-state index in [4.69, 9.17) is 9.15 Å². The Balaban J connectivity index is 1.68. The lowest BCUT2D eigenvalue weighted by atomic mass is 10.1. The summed E-state index contributed by atoms with van der Waals surface area (Å²) in [7, 11) is 0. The van der Waals surface area contributed by atoms with Crippen molar-refractivity contribution in [3.63, 3.8) is 0 Å². The Kier molecular flexibility index (Phi) is 5.00. The maximum atomic E-state index is 13.0. The molecule has 0 unspecified atom stereocenters. The van der Waals surface area contributed by atoms with Gasteiger partial charge in [0.1, 0.15) is 11.9 Å². The third-order valence-electron chi connectivity index (χ3n) is 3.77. The minimum Gasteiger partial charge on any atom is -0.417 e. The fourth-order valence-electron chi connectivity index (χ4n) is 2.49. The second kappa shape index (κ2) is 7.35. The lowest BCUT2D eigenvalue weighted by molar-refractivity contribution is -0.0240. The first kappa shape index (κ1) is 16.3. The summed E-state index contributed by atoms with van der Waals surface area (Å²) in [4.78, 5) is 14.1. The number of nitrogens with zero attached hydrogens (tertiary/aromatic N) is 3. The number of ether oxygens (including phenoxy) is 1. The van der Waals surface area contributed by atoms with Crippen LogP contribution in [-0.4, -0.2) is 40.7 Å². The van der Waals surface area contributed by atoms with Gasteiger partial charge in [-0.2, -0.15) is 0 Å². The number of carbonyl (C=O) groups excluding carboxylic acids is 1. The topological polar surface area (TPSA) is 68.5 Å². The van der Waals surface area contributed by atoms with E-state index in [0.29, 0.717) is 32.0 Å². The van der Waals surface area contributed by atoms with Gasteiger partial charge in [-0.25, -0.2) is 4.39 Å². The predicted molar refractivity (Wildman–Crippen MR) is 83.8 cm³/mol. The number of benzene rings is 1. The monoisotopic (exact) mass is 331 g/mol. The van der Waals surface area contributed by atoms with Crippen molar-refractivity contribution in [3.8, 4) is 0 Å². The molecule has 1 amide bonds. The molecule has 0 radical (unpaired) electrons. The molecule has 1 aliphatic rings. The zero-order valence-electron chi connectivity index (χ0n) is 13.3. The van der Waals surface area contributed by atoms with Gasteiger partial charge in [-0.05, 0) is 24.6 Å². The first-order valence-electron chi connectivity index (χ1n) is 7.77. The van der Waals surface area contributed by atoms with Crippen molar-refractivity contribution in [2.24, 2.45) is 0 Å². The summed E-state index contributed by atoms with van der Waals surface area (Å²) in [5.74, 6) is -0.235. The SMILES string of the molecule is C/C=C/Cc1nnc(C(=O)N2CCO[C@@H](c3ccc(F)cc3)C2)o1. The van der Waals surface area contributed by atoms with Gasteiger partial charge in [0, 0.05) is 13.0 Å². The maximum absolute atomic E-state index is 13.0. The van der Waals surface area contributed by atoms with Crippen LogP contribution in [0.3, 0.4) is 0 Å². The Bertz CT molecular complexity index is 727. The van der Waals surface area contributed by atoms with Crippen molar-refractivity contribution in [2.75, 3.05) is 19.7 Å². The van der Waals surface area contributed by atoms with E-state index in [0.717, 1.165) is 5.56 Å². The molecule has 1 aromatic heterocycles. The zero-order chi connectivity index (χ0) is 16.9. The third kappa shape index (κ3) is 3.68. The van der Waals surface area contributed by atoms with Crippen LogP contribution in [0.15, 0.2) is 40.8 Å². The fraction of sp³-hybridized carbons (Fsp3) is 0.353. The van der Waals surface area contributed by atoms with Gasteiger partial charge in [0.05, 0.1) is 13.2 Å². The van der Waals surface area contributed by atoms with Crippen molar-refractivity contribution in [1.82, 2.24) is 15.1 Å². The first-order chi connectivity index (χ1) is 11.7. The molecule has 0 aliphatic carbocycles. The molecule has 0 saturated carbocycles. The molecule has 1 atom stereocenters. The van der Waals surface area contributed by atoms with E-state index in [9.17, 15) is 9.18 Å². The van der Waals surface area contributed by atoms with E-state index in [1.807, 2.05) is 19.1 Å². The molecular formula is C17H18FN3O3. The molecule has 2 aromatic rings. The number of hydrogen-bond donors (Lipinski definition) is 0. The number of rotatable bonds is 4. The molecule has 1 aliphatic heterocycles. The number of morpholine rings is 1. The normalized spacial score (nSPS) is 18.2. The van der Waals surface area contributed by atoms with Gasteiger partial charge >= 0.3 is 11.8 Å². The highest BCUT2D eigenvalue weighted by atomic mass is 19.1. The van der Waals surface area contributed by atoms with Crippen molar-refractivity contribution in [2.45, 2.75) is 19.4 Å². The van der Waals surface area contributed by atoms with Gasteiger partial charge in [0.25, 0.3) is 0 Å². The average Bonchev–Trinajstić information content (AvgIpc) is 3.09. The standard InChI is InChI=1S/C17H18FN3O3/c1-2-3-4-15-19-20-16(24-15)17(22)21-9-10-23-14(11-21)12-5-7-13(18)8-6-12/h2-3,5-8,14H,4,9-11H2,1H3/b3-2+/t14-/m1/s1. The van der Waals surface area contributed by atoms with Crippen molar-refractivity contribution in [3.05, 3.63) is 59.6 Å². The largest absolute Gasteiger partial charge is 0.417 e. The Labute approximate surface area is 138 Å². The van der Waals surface area contributed by atoms with Gasteiger partial charge in [0.15, 0.2) is 0 Å². The first-order valence-corrected chi connectivity index (χ1v) is 7.77. The molecular weight excluding hydrogens is 313 g/mol. The highest BCUT2D eigenvalue weighted by Gasteiger charge is 2.29. The number of amides is 1. The van der Waals surface area contributed by atoms with Gasteiger partial charge in [-0.15, -0.1) is 10.2 Å². The molecule has 7 heteroatoms. The minimum absolute atomic E-state index is 0.0192. The average molecular weight is 331 g/mol. The van der Waals surface area contributed by atoms with Crippen LogP contribution >= 0.6 is 0 Å². The van der Waals surface area contributed by atoms with Crippen LogP contribution in [0.2, 0.25) is 0 Å². The highest BCUT2D eigenvalue weighted by molar-refractivity contribution is 5.89. The number of halogens is 1. The summed E-state index contributed by atoms with van der Waals surface area (Å²) in [6.07, 6.45) is 3.95. The molecule has 0 spiro atoms. The molecule has 1 fully saturated rings. The summed E-state index contributed by atoms with van der Waals surface area (Å²) in [6.45, 7) is 3.10. The molecule has 3 rings (SSSR count).